The van der Waals surface area contributed by atoms with Crippen LogP contribution in [0.3, 0.4) is 0 Å². The number of rotatable bonds is 4. The molecule has 0 fully saturated rings. The molecule has 17 heavy (non-hydrogen) atoms. The molecule has 2 heterocycles. The topological polar surface area (TPSA) is 68.3 Å². The first kappa shape index (κ1) is 11.4. The molecule has 0 saturated carbocycles. The smallest absolute Gasteiger partial charge is 0.290 e. The predicted octanol–water partition coefficient (Wildman–Crippen LogP) is 1.94. The molecule has 0 radical (unpaired) electrons. The minimum atomic E-state index is -0.260. The highest BCUT2D eigenvalue weighted by Gasteiger charge is 2.15. The van der Waals surface area contributed by atoms with Crippen molar-refractivity contribution in [2.75, 3.05) is 0 Å². The Balaban J connectivity index is 1.90. The first-order valence-electron chi connectivity index (χ1n) is 5.41. The number of aromatic nitrogens is 1. The molecular formula is C12H14N2O3. The second-order valence-electron chi connectivity index (χ2n) is 3.99. The van der Waals surface area contributed by atoms with Gasteiger partial charge in [-0.2, -0.15) is 0 Å². The number of aryl methyl sites for hydroxylation is 1. The fourth-order valence-electron chi connectivity index (χ4n) is 1.55. The number of hydrogen-bond donors (Lipinski definition) is 1. The summed E-state index contributed by atoms with van der Waals surface area (Å²) < 4.78 is 10.1. The summed E-state index contributed by atoms with van der Waals surface area (Å²) in [5.74, 6) is 0.810. The third-order valence-electron chi connectivity index (χ3n) is 2.32. The van der Waals surface area contributed by atoms with E-state index in [1.54, 1.807) is 19.3 Å². The molecule has 0 aliphatic carbocycles. The lowest BCUT2D eigenvalue weighted by Crippen LogP contribution is -2.33. The third-order valence-corrected chi connectivity index (χ3v) is 2.32. The van der Waals surface area contributed by atoms with Gasteiger partial charge in [-0.05, 0) is 26.0 Å². The minimum Gasteiger partial charge on any atom is -0.469 e. The van der Waals surface area contributed by atoms with Gasteiger partial charge in [-0.1, -0.05) is 5.16 Å². The third kappa shape index (κ3) is 2.96. The lowest BCUT2D eigenvalue weighted by Gasteiger charge is -2.10. The van der Waals surface area contributed by atoms with Gasteiger partial charge in [0.05, 0.1) is 12.0 Å². The number of carbonyl (C=O) groups excluding carboxylic acids is 1. The van der Waals surface area contributed by atoms with Gasteiger partial charge in [-0.15, -0.1) is 0 Å². The SMILES string of the molecule is Cc1cc(C(=O)N[C@@H](C)Cc2ccco2)on1. The van der Waals surface area contributed by atoms with Crippen molar-refractivity contribution in [2.24, 2.45) is 0 Å². The number of nitrogens with one attached hydrogen (secondary N) is 1. The summed E-state index contributed by atoms with van der Waals surface area (Å²) in [6.07, 6.45) is 2.26. The molecule has 0 aromatic carbocycles. The van der Waals surface area contributed by atoms with Crippen LogP contribution in [0.5, 0.6) is 0 Å². The average molecular weight is 234 g/mol. The molecule has 1 atom stereocenters. The molecule has 2 rings (SSSR count). The van der Waals surface area contributed by atoms with Crippen molar-refractivity contribution in [3.8, 4) is 0 Å². The van der Waals surface area contributed by atoms with E-state index in [9.17, 15) is 4.79 Å². The molecule has 5 heteroatoms. The molecule has 2 aromatic rings. The molecule has 0 aliphatic heterocycles. The predicted molar refractivity (Wildman–Crippen MR) is 60.6 cm³/mol. The van der Waals surface area contributed by atoms with Crippen molar-refractivity contribution in [3.05, 3.63) is 41.7 Å². The van der Waals surface area contributed by atoms with Crippen molar-refractivity contribution in [2.45, 2.75) is 26.3 Å². The van der Waals surface area contributed by atoms with Crippen molar-refractivity contribution in [1.29, 1.82) is 0 Å². The second kappa shape index (κ2) is 4.86. The molecule has 2 aromatic heterocycles. The Morgan fingerprint density at radius 1 is 1.59 bits per heavy atom. The van der Waals surface area contributed by atoms with E-state index in [0.717, 1.165) is 5.76 Å². The summed E-state index contributed by atoms with van der Waals surface area (Å²) in [5.41, 5.74) is 0.689. The molecule has 0 saturated heterocycles. The molecule has 0 aliphatic rings. The average Bonchev–Trinajstić information content (AvgIpc) is 2.89. The van der Waals surface area contributed by atoms with Crippen LogP contribution in [0.25, 0.3) is 0 Å². The molecule has 1 amide bonds. The Bertz CT molecular complexity index is 488. The minimum absolute atomic E-state index is 0.0287. The van der Waals surface area contributed by atoms with Crippen LogP contribution in [0.1, 0.15) is 28.9 Å². The maximum Gasteiger partial charge on any atom is 0.290 e. The molecule has 0 unspecified atom stereocenters. The van der Waals surface area contributed by atoms with E-state index in [1.165, 1.54) is 0 Å². The van der Waals surface area contributed by atoms with Crippen molar-refractivity contribution < 1.29 is 13.7 Å². The summed E-state index contributed by atoms with van der Waals surface area (Å²) in [6, 6.07) is 5.28. The van der Waals surface area contributed by atoms with E-state index >= 15 is 0 Å². The van der Waals surface area contributed by atoms with Gasteiger partial charge in [0.1, 0.15) is 5.76 Å². The van der Waals surface area contributed by atoms with Gasteiger partial charge in [0.25, 0.3) is 5.91 Å². The van der Waals surface area contributed by atoms with Gasteiger partial charge < -0.3 is 14.3 Å². The van der Waals surface area contributed by atoms with Crippen molar-refractivity contribution in [3.63, 3.8) is 0 Å². The Hall–Kier alpha value is -2.04. The van der Waals surface area contributed by atoms with Crippen LogP contribution < -0.4 is 5.32 Å². The summed E-state index contributed by atoms with van der Waals surface area (Å²) >= 11 is 0. The number of furan rings is 1. The van der Waals surface area contributed by atoms with Gasteiger partial charge in [-0.25, -0.2) is 0 Å². The van der Waals surface area contributed by atoms with Gasteiger partial charge in [0.15, 0.2) is 0 Å². The van der Waals surface area contributed by atoms with Gasteiger partial charge >= 0.3 is 0 Å². The zero-order valence-corrected chi connectivity index (χ0v) is 9.77. The summed E-state index contributed by atoms with van der Waals surface area (Å²) in [6.45, 7) is 3.68. The van der Waals surface area contributed by atoms with Crippen LogP contribution in [0.4, 0.5) is 0 Å². The quantitative estimate of drug-likeness (QED) is 0.877. The van der Waals surface area contributed by atoms with Gasteiger partial charge in [0.2, 0.25) is 5.76 Å². The highest BCUT2D eigenvalue weighted by molar-refractivity contribution is 5.91. The highest BCUT2D eigenvalue weighted by Crippen LogP contribution is 2.06. The standard InChI is InChI=1S/C12H14N2O3/c1-8(6-10-4-3-5-16-10)13-12(15)11-7-9(2)14-17-11/h3-5,7-8H,6H2,1-2H3,(H,13,15)/t8-/m0/s1. The Morgan fingerprint density at radius 2 is 2.41 bits per heavy atom. The lowest BCUT2D eigenvalue weighted by atomic mass is 10.2. The lowest BCUT2D eigenvalue weighted by molar-refractivity contribution is 0.0902. The van der Waals surface area contributed by atoms with Crippen LogP contribution >= 0.6 is 0 Å². The van der Waals surface area contributed by atoms with Crippen molar-refractivity contribution in [1.82, 2.24) is 10.5 Å². The number of amides is 1. The van der Waals surface area contributed by atoms with E-state index in [-0.39, 0.29) is 17.7 Å². The highest BCUT2D eigenvalue weighted by atomic mass is 16.5. The zero-order chi connectivity index (χ0) is 12.3. The summed E-state index contributed by atoms with van der Waals surface area (Å²) in [5, 5.41) is 6.48. The largest absolute Gasteiger partial charge is 0.469 e. The van der Waals surface area contributed by atoms with E-state index in [4.69, 9.17) is 8.94 Å². The normalized spacial score (nSPS) is 12.4. The number of carbonyl (C=O) groups is 1. The molecule has 90 valence electrons. The second-order valence-corrected chi connectivity index (χ2v) is 3.99. The monoisotopic (exact) mass is 234 g/mol. The zero-order valence-electron chi connectivity index (χ0n) is 9.77. The maximum absolute atomic E-state index is 11.7. The van der Waals surface area contributed by atoms with E-state index in [2.05, 4.69) is 10.5 Å². The van der Waals surface area contributed by atoms with Crippen LogP contribution in [0, 0.1) is 6.92 Å². The Morgan fingerprint density at radius 3 is 3.00 bits per heavy atom. The maximum atomic E-state index is 11.7. The molecule has 0 bridgehead atoms. The first-order chi connectivity index (χ1) is 8.15. The van der Waals surface area contributed by atoms with Crippen LogP contribution in [0.2, 0.25) is 0 Å². The van der Waals surface area contributed by atoms with E-state index in [0.29, 0.717) is 12.1 Å². The van der Waals surface area contributed by atoms with E-state index in [1.807, 2.05) is 19.1 Å². The van der Waals surface area contributed by atoms with Gasteiger partial charge in [-0.3, -0.25) is 4.79 Å². The Kier molecular flexibility index (Phi) is 3.27. The molecule has 0 spiro atoms. The molecule has 5 nitrogen and oxygen atoms in total. The van der Waals surface area contributed by atoms with Crippen LogP contribution in [-0.2, 0) is 6.42 Å². The summed E-state index contributed by atoms with van der Waals surface area (Å²) in [7, 11) is 0. The summed E-state index contributed by atoms with van der Waals surface area (Å²) in [4.78, 5) is 11.7. The van der Waals surface area contributed by atoms with Crippen molar-refractivity contribution >= 4 is 5.91 Å². The number of nitrogens with zero attached hydrogens (tertiary/aromatic N) is 1. The fourth-order valence-corrected chi connectivity index (χ4v) is 1.55. The van der Waals surface area contributed by atoms with E-state index < -0.39 is 0 Å². The Labute approximate surface area is 98.8 Å². The molecule has 1 N–H and O–H groups in total. The number of hydrogen-bond acceptors (Lipinski definition) is 4. The van der Waals surface area contributed by atoms with Crippen LogP contribution in [-0.4, -0.2) is 17.1 Å². The fraction of sp³-hybridized carbons (Fsp3) is 0.333. The molecular weight excluding hydrogens is 220 g/mol. The van der Waals surface area contributed by atoms with Gasteiger partial charge in [0, 0.05) is 18.5 Å². The van der Waals surface area contributed by atoms with Crippen LogP contribution in [0.15, 0.2) is 33.4 Å². The first-order valence-corrected chi connectivity index (χ1v) is 5.41.